The van der Waals surface area contributed by atoms with E-state index in [-0.39, 0.29) is 12.1 Å². The molecule has 0 aromatic rings. The lowest BCUT2D eigenvalue weighted by atomic mass is 10.1. The fourth-order valence-electron chi connectivity index (χ4n) is 1.01. The van der Waals surface area contributed by atoms with Gasteiger partial charge in [-0.2, -0.15) is 0 Å². The Bertz CT molecular complexity index is 304. The summed E-state index contributed by atoms with van der Waals surface area (Å²) < 4.78 is 5.11. The SMILES string of the molecule is C=C[C@H](N=C=S)[C@H](C)NC(=O)OC(C)(C)C. The van der Waals surface area contributed by atoms with Gasteiger partial charge >= 0.3 is 6.09 Å². The predicted octanol–water partition coefficient (Wildman–Crippen LogP) is 2.56. The first-order chi connectivity index (χ1) is 7.30. The number of hydrogen-bond donors (Lipinski definition) is 1. The molecule has 1 N–H and O–H groups in total. The summed E-state index contributed by atoms with van der Waals surface area (Å²) in [4.78, 5) is 15.3. The van der Waals surface area contributed by atoms with E-state index in [2.05, 4.69) is 34.3 Å². The van der Waals surface area contributed by atoms with Crippen molar-refractivity contribution >= 4 is 23.5 Å². The van der Waals surface area contributed by atoms with Gasteiger partial charge in [-0.3, -0.25) is 0 Å². The average molecular weight is 242 g/mol. The van der Waals surface area contributed by atoms with E-state index in [9.17, 15) is 4.79 Å². The summed E-state index contributed by atoms with van der Waals surface area (Å²) in [6.07, 6.45) is 1.12. The zero-order chi connectivity index (χ0) is 12.8. The van der Waals surface area contributed by atoms with Crippen molar-refractivity contribution in [1.82, 2.24) is 5.32 Å². The number of aliphatic imine (C=N–C) groups is 1. The number of rotatable bonds is 4. The van der Waals surface area contributed by atoms with E-state index >= 15 is 0 Å². The van der Waals surface area contributed by atoms with Crippen LogP contribution in [0.2, 0.25) is 0 Å². The van der Waals surface area contributed by atoms with Crippen LogP contribution in [0.1, 0.15) is 27.7 Å². The van der Waals surface area contributed by atoms with Crippen LogP contribution in [0.25, 0.3) is 0 Å². The predicted molar refractivity (Wildman–Crippen MR) is 67.8 cm³/mol. The molecule has 0 fully saturated rings. The molecule has 0 aliphatic heterocycles. The topological polar surface area (TPSA) is 50.7 Å². The average Bonchev–Trinajstić information content (AvgIpc) is 2.10. The minimum atomic E-state index is -0.513. The first-order valence-electron chi connectivity index (χ1n) is 4.99. The maximum Gasteiger partial charge on any atom is 0.407 e. The first kappa shape index (κ1) is 14.8. The molecule has 0 aromatic carbocycles. The molecule has 0 aromatic heterocycles. The van der Waals surface area contributed by atoms with Crippen molar-refractivity contribution in [2.75, 3.05) is 0 Å². The van der Waals surface area contributed by atoms with Crippen LogP contribution in [0.4, 0.5) is 4.79 Å². The van der Waals surface area contributed by atoms with Gasteiger partial charge in [0.25, 0.3) is 0 Å². The number of nitrogens with one attached hydrogen (secondary N) is 1. The fraction of sp³-hybridized carbons (Fsp3) is 0.636. The monoisotopic (exact) mass is 242 g/mol. The molecule has 4 nitrogen and oxygen atoms in total. The van der Waals surface area contributed by atoms with E-state index in [0.29, 0.717) is 0 Å². The number of alkyl carbamates (subject to hydrolysis) is 1. The van der Waals surface area contributed by atoms with Crippen LogP contribution in [0, 0.1) is 0 Å². The lowest BCUT2D eigenvalue weighted by molar-refractivity contribution is 0.0505. The maximum atomic E-state index is 11.4. The van der Waals surface area contributed by atoms with E-state index in [1.165, 1.54) is 0 Å². The maximum absolute atomic E-state index is 11.4. The Balaban J connectivity index is 4.32. The Kier molecular flexibility index (Phi) is 5.93. The van der Waals surface area contributed by atoms with Gasteiger partial charge in [0.1, 0.15) is 5.60 Å². The minimum Gasteiger partial charge on any atom is -0.444 e. The summed E-state index contributed by atoms with van der Waals surface area (Å²) in [5.41, 5.74) is -0.513. The Morgan fingerprint density at radius 2 is 2.19 bits per heavy atom. The van der Waals surface area contributed by atoms with Gasteiger partial charge in [0, 0.05) is 0 Å². The molecule has 16 heavy (non-hydrogen) atoms. The van der Waals surface area contributed by atoms with Crippen LogP contribution in [-0.4, -0.2) is 28.9 Å². The van der Waals surface area contributed by atoms with Gasteiger partial charge in [-0.05, 0) is 39.9 Å². The van der Waals surface area contributed by atoms with Crippen molar-refractivity contribution in [3.63, 3.8) is 0 Å². The van der Waals surface area contributed by atoms with Gasteiger partial charge in [0.15, 0.2) is 0 Å². The summed E-state index contributed by atoms with van der Waals surface area (Å²) in [5.74, 6) is 0. The van der Waals surface area contributed by atoms with Crippen molar-refractivity contribution in [3.8, 4) is 0 Å². The second-order valence-electron chi connectivity index (χ2n) is 4.38. The standard InChI is InChI=1S/C11H18N2O2S/c1-6-9(12-7-16)8(2)13-10(14)15-11(3,4)5/h6,8-9H,1H2,2-5H3,(H,13,14)/t8-,9-/m0/s1. The van der Waals surface area contributed by atoms with Crippen LogP contribution < -0.4 is 5.32 Å². The van der Waals surface area contributed by atoms with Crippen LogP contribution >= 0.6 is 12.2 Å². The van der Waals surface area contributed by atoms with Crippen LogP contribution in [0.3, 0.4) is 0 Å². The molecule has 0 heterocycles. The van der Waals surface area contributed by atoms with Crippen LogP contribution in [-0.2, 0) is 4.74 Å². The van der Waals surface area contributed by atoms with Crippen molar-refractivity contribution in [3.05, 3.63) is 12.7 Å². The summed E-state index contributed by atoms with van der Waals surface area (Å²) >= 11 is 4.51. The normalized spacial score (nSPS) is 14.2. The second-order valence-corrected chi connectivity index (χ2v) is 4.56. The zero-order valence-electron chi connectivity index (χ0n) is 10.1. The molecule has 0 unspecified atom stereocenters. The number of thiocarbonyl (C=S) groups is 1. The zero-order valence-corrected chi connectivity index (χ0v) is 10.9. The lowest BCUT2D eigenvalue weighted by Gasteiger charge is -2.23. The number of nitrogens with zero attached hydrogens (tertiary/aromatic N) is 1. The van der Waals surface area contributed by atoms with E-state index in [0.717, 1.165) is 0 Å². The number of amides is 1. The summed E-state index contributed by atoms with van der Waals surface area (Å²) in [6.45, 7) is 10.8. The van der Waals surface area contributed by atoms with Gasteiger partial charge in [0.2, 0.25) is 0 Å². The number of carbonyl (C=O) groups excluding carboxylic acids is 1. The molecule has 0 bridgehead atoms. The third-order valence-electron chi connectivity index (χ3n) is 1.70. The molecule has 0 aliphatic carbocycles. The molecular formula is C11H18N2O2S. The minimum absolute atomic E-state index is 0.234. The van der Waals surface area contributed by atoms with E-state index in [4.69, 9.17) is 4.74 Å². The molecule has 1 amide bonds. The van der Waals surface area contributed by atoms with Crippen LogP contribution in [0.5, 0.6) is 0 Å². The number of hydrogen-bond acceptors (Lipinski definition) is 4. The molecule has 2 atom stereocenters. The summed E-state index contributed by atoms with van der Waals surface area (Å²) in [6, 6.07) is -0.521. The van der Waals surface area contributed by atoms with E-state index < -0.39 is 11.7 Å². The van der Waals surface area contributed by atoms with Crippen LogP contribution in [0.15, 0.2) is 17.6 Å². The van der Waals surface area contributed by atoms with E-state index in [1.54, 1.807) is 33.8 Å². The quantitative estimate of drug-likeness (QED) is 0.468. The Morgan fingerprint density at radius 3 is 2.56 bits per heavy atom. The highest BCUT2D eigenvalue weighted by molar-refractivity contribution is 7.78. The largest absolute Gasteiger partial charge is 0.444 e. The molecule has 0 saturated carbocycles. The molecule has 0 aliphatic rings. The second kappa shape index (κ2) is 6.40. The Morgan fingerprint density at radius 1 is 1.62 bits per heavy atom. The molecule has 5 heteroatoms. The summed E-state index contributed by atoms with van der Waals surface area (Å²) in [7, 11) is 0. The fourth-order valence-corrected chi connectivity index (χ4v) is 1.13. The van der Waals surface area contributed by atoms with Gasteiger partial charge in [-0.25, -0.2) is 9.79 Å². The summed E-state index contributed by atoms with van der Waals surface area (Å²) in [5, 5.41) is 4.93. The molecule has 90 valence electrons. The number of ether oxygens (including phenoxy) is 1. The number of carbonyl (C=O) groups is 1. The van der Waals surface area contributed by atoms with Gasteiger partial charge in [-0.15, -0.1) is 6.58 Å². The highest BCUT2D eigenvalue weighted by Gasteiger charge is 2.20. The Hall–Kier alpha value is -1.19. The third kappa shape index (κ3) is 6.32. The molecular weight excluding hydrogens is 224 g/mol. The van der Waals surface area contributed by atoms with Gasteiger partial charge in [0.05, 0.1) is 17.2 Å². The Labute approximate surface area is 102 Å². The molecule has 0 radical (unpaired) electrons. The third-order valence-corrected chi connectivity index (χ3v) is 1.81. The molecule has 0 saturated heterocycles. The van der Waals surface area contributed by atoms with Crippen molar-refractivity contribution in [1.29, 1.82) is 0 Å². The smallest absolute Gasteiger partial charge is 0.407 e. The number of isothiocyanates is 1. The van der Waals surface area contributed by atoms with E-state index in [1.807, 2.05) is 0 Å². The van der Waals surface area contributed by atoms with Crippen molar-refractivity contribution in [2.45, 2.75) is 45.4 Å². The lowest BCUT2D eigenvalue weighted by Crippen LogP contribution is -2.42. The van der Waals surface area contributed by atoms with Crippen molar-refractivity contribution < 1.29 is 9.53 Å². The van der Waals surface area contributed by atoms with Crippen molar-refractivity contribution in [2.24, 2.45) is 4.99 Å². The highest BCUT2D eigenvalue weighted by Crippen LogP contribution is 2.07. The molecule has 0 spiro atoms. The highest BCUT2D eigenvalue weighted by atomic mass is 32.1. The molecule has 0 rings (SSSR count). The van der Waals surface area contributed by atoms with Gasteiger partial charge in [-0.1, -0.05) is 6.08 Å². The first-order valence-corrected chi connectivity index (χ1v) is 5.40. The van der Waals surface area contributed by atoms with Gasteiger partial charge < -0.3 is 10.1 Å².